The van der Waals surface area contributed by atoms with Gasteiger partial charge in [-0.05, 0) is 12.1 Å². The lowest BCUT2D eigenvalue weighted by molar-refractivity contribution is 0.0722. The molecule has 0 saturated heterocycles. The molecule has 0 spiro atoms. The number of aromatic hydroxyl groups is 1. The molecular weight excluding hydrogens is 303 g/mol. The number of hydrogen-bond acceptors (Lipinski definition) is 5. The minimum absolute atomic E-state index is 0.245. The van der Waals surface area contributed by atoms with Crippen molar-refractivity contribution in [2.45, 2.75) is 19.5 Å². The van der Waals surface area contributed by atoms with E-state index in [0.29, 0.717) is 31.8 Å². The fourth-order valence-corrected chi connectivity index (χ4v) is 2.68. The SMILES string of the molecule is COCCn1nnc2c1CCN(C(=O)c1c(O)cccc1F)C2. The molecule has 0 bridgehead atoms. The summed E-state index contributed by atoms with van der Waals surface area (Å²) in [7, 11) is 1.62. The number of phenolic OH excluding ortho intramolecular Hbond substituents is 1. The standard InChI is InChI=1S/C15H17FN4O3/c1-23-8-7-20-12-5-6-19(9-11(12)17-18-20)15(22)14-10(16)3-2-4-13(14)21/h2-4,21H,5-9H2,1H3. The highest BCUT2D eigenvalue weighted by Crippen LogP contribution is 2.25. The van der Waals surface area contributed by atoms with Gasteiger partial charge in [0.15, 0.2) is 0 Å². The molecule has 23 heavy (non-hydrogen) atoms. The van der Waals surface area contributed by atoms with Gasteiger partial charge in [-0.1, -0.05) is 11.3 Å². The second kappa shape index (κ2) is 6.33. The molecule has 2 aromatic rings. The Hall–Kier alpha value is -2.48. The molecule has 2 heterocycles. The molecule has 1 aromatic carbocycles. The zero-order chi connectivity index (χ0) is 16.4. The zero-order valence-electron chi connectivity index (χ0n) is 12.7. The van der Waals surface area contributed by atoms with Crippen LogP contribution in [0.5, 0.6) is 5.75 Å². The summed E-state index contributed by atoms with van der Waals surface area (Å²) in [5.74, 6) is -1.63. The maximum absolute atomic E-state index is 13.8. The van der Waals surface area contributed by atoms with Gasteiger partial charge in [-0.3, -0.25) is 4.79 Å². The summed E-state index contributed by atoms with van der Waals surface area (Å²) in [5, 5.41) is 17.9. The molecule has 0 aliphatic carbocycles. The fraction of sp³-hybridized carbons (Fsp3) is 0.400. The van der Waals surface area contributed by atoms with Crippen molar-refractivity contribution in [3.05, 3.63) is 41.0 Å². The quantitative estimate of drug-likeness (QED) is 0.908. The van der Waals surface area contributed by atoms with Crippen LogP contribution in [0, 0.1) is 5.82 Å². The van der Waals surface area contributed by atoms with Gasteiger partial charge in [0.2, 0.25) is 0 Å². The van der Waals surface area contributed by atoms with Crippen molar-refractivity contribution in [3.63, 3.8) is 0 Å². The first-order chi connectivity index (χ1) is 11.1. The average molecular weight is 320 g/mol. The molecule has 0 atom stereocenters. The number of nitrogens with zero attached hydrogens (tertiary/aromatic N) is 4. The first kappa shape index (κ1) is 15.4. The van der Waals surface area contributed by atoms with E-state index < -0.39 is 11.7 Å². The van der Waals surface area contributed by atoms with Crippen molar-refractivity contribution in [2.24, 2.45) is 0 Å². The predicted molar refractivity (Wildman–Crippen MR) is 78.4 cm³/mol. The summed E-state index contributed by atoms with van der Waals surface area (Å²) < 4.78 is 20.6. The van der Waals surface area contributed by atoms with Crippen molar-refractivity contribution >= 4 is 5.91 Å². The van der Waals surface area contributed by atoms with Crippen LogP contribution >= 0.6 is 0 Å². The Bertz CT molecular complexity index is 711. The van der Waals surface area contributed by atoms with Crippen LogP contribution in [0.1, 0.15) is 21.7 Å². The molecule has 0 radical (unpaired) electrons. The number of methoxy groups -OCH3 is 1. The van der Waals surface area contributed by atoms with E-state index in [1.54, 1.807) is 11.8 Å². The summed E-state index contributed by atoms with van der Waals surface area (Å²) in [6, 6.07) is 3.81. The molecule has 7 nitrogen and oxygen atoms in total. The van der Waals surface area contributed by atoms with E-state index >= 15 is 0 Å². The molecule has 1 amide bonds. The number of ether oxygens (including phenoxy) is 1. The van der Waals surface area contributed by atoms with Crippen LogP contribution in [0.4, 0.5) is 4.39 Å². The van der Waals surface area contributed by atoms with E-state index in [-0.39, 0.29) is 17.9 Å². The van der Waals surface area contributed by atoms with E-state index in [2.05, 4.69) is 10.3 Å². The molecule has 3 rings (SSSR count). The summed E-state index contributed by atoms with van der Waals surface area (Å²) in [5.41, 5.74) is 1.35. The molecule has 0 saturated carbocycles. The van der Waals surface area contributed by atoms with Crippen molar-refractivity contribution in [1.82, 2.24) is 19.9 Å². The first-order valence-corrected chi connectivity index (χ1v) is 7.28. The first-order valence-electron chi connectivity index (χ1n) is 7.28. The van der Waals surface area contributed by atoms with Crippen LogP contribution in [0.2, 0.25) is 0 Å². The molecule has 0 unspecified atom stereocenters. The Morgan fingerprint density at radius 2 is 2.30 bits per heavy atom. The highest BCUT2D eigenvalue weighted by Gasteiger charge is 2.28. The van der Waals surface area contributed by atoms with Gasteiger partial charge in [-0.2, -0.15) is 0 Å². The average Bonchev–Trinajstić information content (AvgIpc) is 2.94. The molecule has 8 heteroatoms. The van der Waals surface area contributed by atoms with Gasteiger partial charge in [0.1, 0.15) is 22.8 Å². The number of halogens is 1. The highest BCUT2D eigenvalue weighted by atomic mass is 19.1. The maximum Gasteiger partial charge on any atom is 0.260 e. The number of fused-ring (bicyclic) bond motifs is 1. The lowest BCUT2D eigenvalue weighted by atomic mass is 10.1. The topological polar surface area (TPSA) is 80.5 Å². The number of aromatic nitrogens is 3. The summed E-state index contributed by atoms with van der Waals surface area (Å²) in [6.45, 7) is 1.79. The van der Waals surface area contributed by atoms with Crippen molar-refractivity contribution in [3.8, 4) is 5.75 Å². The van der Waals surface area contributed by atoms with Gasteiger partial charge in [0, 0.05) is 20.1 Å². The number of carbonyl (C=O) groups excluding carboxylic acids is 1. The number of hydrogen-bond donors (Lipinski definition) is 1. The Morgan fingerprint density at radius 1 is 1.48 bits per heavy atom. The van der Waals surface area contributed by atoms with Crippen molar-refractivity contribution in [2.75, 3.05) is 20.3 Å². The zero-order valence-corrected chi connectivity index (χ0v) is 12.7. The van der Waals surface area contributed by atoms with Gasteiger partial charge in [-0.25, -0.2) is 9.07 Å². The third-order valence-corrected chi connectivity index (χ3v) is 3.88. The van der Waals surface area contributed by atoms with Gasteiger partial charge in [0.05, 0.1) is 25.4 Å². The normalized spacial score (nSPS) is 13.9. The molecular formula is C15H17FN4O3. The third kappa shape index (κ3) is 2.89. The van der Waals surface area contributed by atoms with Crippen LogP contribution in [-0.4, -0.2) is 51.2 Å². The van der Waals surface area contributed by atoms with Gasteiger partial charge >= 0.3 is 0 Å². The van der Waals surface area contributed by atoms with E-state index in [4.69, 9.17) is 4.74 Å². The molecule has 1 aliphatic rings. The number of carbonyl (C=O) groups is 1. The maximum atomic E-state index is 13.8. The molecule has 0 fully saturated rings. The van der Waals surface area contributed by atoms with Crippen molar-refractivity contribution < 1.29 is 19.0 Å². The smallest absolute Gasteiger partial charge is 0.260 e. The number of phenols is 1. The van der Waals surface area contributed by atoms with Gasteiger partial charge < -0.3 is 14.7 Å². The van der Waals surface area contributed by atoms with Crippen LogP contribution in [0.15, 0.2) is 18.2 Å². The molecule has 1 aliphatic heterocycles. The highest BCUT2D eigenvalue weighted by molar-refractivity contribution is 5.97. The van der Waals surface area contributed by atoms with Crippen LogP contribution in [0.25, 0.3) is 0 Å². The van der Waals surface area contributed by atoms with Crippen LogP contribution in [0.3, 0.4) is 0 Å². The Morgan fingerprint density at radius 3 is 3.04 bits per heavy atom. The van der Waals surface area contributed by atoms with E-state index in [1.807, 2.05) is 0 Å². The molecule has 1 N–H and O–H groups in total. The summed E-state index contributed by atoms with van der Waals surface area (Å²) in [6.07, 6.45) is 0.576. The van der Waals surface area contributed by atoms with Crippen LogP contribution in [-0.2, 0) is 24.2 Å². The summed E-state index contributed by atoms with van der Waals surface area (Å²) >= 11 is 0. The lowest BCUT2D eigenvalue weighted by Crippen LogP contribution is -2.37. The largest absolute Gasteiger partial charge is 0.507 e. The number of benzene rings is 1. The minimum Gasteiger partial charge on any atom is -0.507 e. The van der Waals surface area contributed by atoms with Gasteiger partial charge in [-0.15, -0.1) is 5.10 Å². The minimum atomic E-state index is -0.732. The van der Waals surface area contributed by atoms with E-state index in [1.165, 1.54) is 17.0 Å². The molecule has 1 aromatic heterocycles. The monoisotopic (exact) mass is 320 g/mol. The second-order valence-corrected chi connectivity index (χ2v) is 5.31. The van der Waals surface area contributed by atoms with Gasteiger partial charge in [0.25, 0.3) is 5.91 Å². The molecule has 122 valence electrons. The Kier molecular flexibility index (Phi) is 4.24. The van der Waals surface area contributed by atoms with E-state index in [9.17, 15) is 14.3 Å². The summed E-state index contributed by atoms with van der Waals surface area (Å²) in [4.78, 5) is 13.9. The van der Waals surface area contributed by atoms with Crippen LogP contribution < -0.4 is 0 Å². The lowest BCUT2D eigenvalue weighted by Gasteiger charge is -2.26. The second-order valence-electron chi connectivity index (χ2n) is 5.31. The van der Waals surface area contributed by atoms with E-state index in [0.717, 1.165) is 11.8 Å². The number of amides is 1. The number of rotatable bonds is 4. The Labute approximate surface area is 132 Å². The predicted octanol–water partition coefficient (Wildman–Crippen LogP) is 0.968. The van der Waals surface area contributed by atoms with Crippen molar-refractivity contribution in [1.29, 1.82) is 0 Å². The third-order valence-electron chi connectivity index (χ3n) is 3.88. The fourth-order valence-electron chi connectivity index (χ4n) is 2.68. The Balaban J connectivity index is 1.80.